The van der Waals surface area contributed by atoms with Crippen LogP contribution >= 0.6 is 0 Å². The third-order valence-electron chi connectivity index (χ3n) is 6.66. The maximum atomic E-state index is 5.86. The number of rotatable bonds is 5. The van der Waals surface area contributed by atoms with E-state index >= 15 is 0 Å². The summed E-state index contributed by atoms with van der Waals surface area (Å²) in [4.78, 5) is 0. The first-order valence-corrected chi connectivity index (χ1v) is 9.80. The number of hydrogen-bond donors (Lipinski definition) is 1. The highest BCUT2D eigenvalue weighted by Crippen LogP contribution is 2.57. The first-order valence-electron chi connectivity index (χ1n) is 9.80. The summed E-state index contributed by atoms with van der Waals surface area (Å²) < 4.78 is 5.86. The Kier molecular flexibility index (Phi) is 4.42. The summed E-state index contributed by atoms with van der Waals surface area (Å²) in [7, 11) is 0. The summed E-state index contributed by atoms with van der Waals surface area (Å²) in [6.07, 6.45) is 8.26. The maximum Gasteiger partial charge on any atom is 0.122 e. The Bertz CT molecular complexity index is 615. The zero-order chi connectivity index (χ0) is 16.7. The summed E-state index contributed by atoms with van der Waals surface area (Å²) in [6, 6.07) is 6.74. The zero-order valence-corrected chi connectivity index (χ0v) is 15.2. The summed E-state index contributed by atoms with van der Waals surface area (Å²) in [5.74, 6) is 4.83. The van der Waals surface area contributed by atoms with Crippen LogP contribution in [0.4, 0.5) is 0 Å². The van der Waals surface area contributed by atoms with E-state index in [1.807, 2.05) is 0 Å². The van der Waals surface area contributed by atoms with E-state index in [-0.39, 0.29) is 0 Å². The van der Waals surface area contributed by atoms with Gasteiger partial charge < -0.3 is 10.5 Å². The first kappa shape index (κ1) is 16.2. The van der Waals surface area contributed by atoms with Crippen molar-refractivity contribution in [3.63, 3.8) is 0 Å². The molecule has 0 spiro atoms. The summed E-state index contributed by atoms with van der Waals surface area (Å²) in [6.45, 7) is 5.92. The van der Waals surface area contributed by atoms with Crippen LogP contribution in [-0.4, -0.2) is 13.2 Å². The molecule has 1 aromatic carbocycles. The predicted molar refractivity (Wildman–Crippen MR) is 100.0 cm³/mol. The Balaban J connectivity index is 1.58. The van der Waals surface area contributed by atoms with Crippen molar-refractivity contribution in [1.29, 1.82) is 0 Å². The molecule has 4 aliphatic rings. The molecule has 0 radical (unpaired) electrons. The standard InChI is InChI=1S/C22H31NO/c1-14-8-18(4-5-21(14)24-7-3-6-23)15(2)22-19-10-16-9-17(12-19)13-20(22)11-16/h4-5,8,16-17,19-20H,3,6-7,9-13,23H2,1-2H3. The van der Waals surface area contributed by atoms with E-state index in [0.29, 0.717) is 13.2 Å². The van der Waals surface area contributed by atoms with Crippen molar-refractivity contribution in [1.82, 2.24) is 0 Å². The molecule has 4 saturated carbocycles. The van der Waals surface area contributed by atoms with Crippen LogP contribution in [0.25, 0.3) is 5.57 Å². The van der Waals surface area contributed by atoms with Gasteiger partial charge in [-0.3, -0.25) is 0 Å². The van der Waals surface area contributed by atoms with Gasteiger partial charge in [-0.1, -0.05) is 11.6 Å². The average Bonchev–Trinajstić information content (AvgIpc) is 2.55. The smallest absolute Gasteiger partial charge is 0.122 e. The van der Waals surface area contributed by atoms with Crippen molar-refractivity contribution in [2.45, 2.75) is 52.4 Å². The lowest BCUT2D eigenvalue weighted by Gasteiger charge is -2.52. The van der Waals surface area contributed by atoms with E-state index in [1.165, 1.54) is 43.2 Å². The fourth-order valence-electron chi connectivity index (χ4n) is 5.78. The van der Waals surface area contributed by atoms with Crippen molar-refractivity contribution in [3.05, 3.63) is 34.9 Å². The highest BCUT2D eigenvalue weighted by atomic mass is 16.5. The number of hydrogen-bond acceptors (Lipinski definition) is 2. The van der Waals surface area contributed by atoms with Crippen LogP contribution in [0.1, 0.15) is 56.6 Å². The first-order chi connectivity index (χ1) is 11.7. The Morgan fingerprint density at radius 3 is 2.33 bits per heavy atom. The molecule has 1 aromatic rings. The second-order valence-electron chi connectivity index (χ2n) is 8.36. The van der Waals surface area contributed by atoms with E-state index in [1.54, 1.807) is 11.1 Å². The summed E-state index contributed by atoms with van der Waals surface area (Å²) >= 11 is 0. The maximum absolute atomic E-state index is 5.86. The number of ether oxygens (including phenoxy) is 1. The molecule has 0 atom stereocenters. The Labute approximate surface area is 146 Å². The molecule has 0 saturated heterocycles. The normalized spacial score (nSPS) is 30.7. The average molecular weight is 325 g/mol. The minimum Gasteiger partial charge on any atom is -0.493 e. The van der Waals surface area contributed by atoms with Gasteiger partial charge in [-0.15, -0.1) is 0 Å². The topological polar surface area (TPSA) is 35.2 Å². The molecule has 0 unspecified atom stereocenters. The SMILES string of the molecule is CC(=C1C2CC3CC(C2)CC1C3)c1ccc(OCCCN)c(C)c1. The molecule has 0 aromatic heterocycles. The molecule has 0 amide bonds. The molecular weight excluding hydrogens is 294 g/mol. The van der Waals surface area contributed by atoms with Gasteiger partial charge in [0.2, 0.25) is 0 Å². The molecule has 2 heteroatoms. The molecule has 4 aliphatic carbocycles. The van der Waals surface area contributed by atoms with Crippen molar-refractivity contribution in [3.8, 4) is 5.75 Å². The van der Waals surface area contributed by atoms with Crippen molar-refractivity contribution < 1.29 is 4.74 Å². The lowest BCUT2D eigenvalue weighted by Crippen LogP contribution is -2.40. The molecule has 2 nitrogen and oxygen atoms in total. The second kappa shape index (κ2) is 6.55. The molecule has 24 heavy (non-hydrogen) atoms. The Morgan fingerprint density at radius 1 is 1.08 bits per heavy atom. The van der Waals surface area contributed by atoms with Gasteiger partial charge in [0, 0.05) is 0 Å². The van der Waals surface area contributed by atoms with Gasteiger partial charge >= 0.3 is 0 Å². The van der Waals surface area contributed by atoms with Gasteiger partial charge in [-0.2, -0.15) is 0 Å². The van der Waals surface area contributed by atoms with Crippen LogP contribution in [-0.2, 0) is 0 Å². The largest absolute Gasteiger partial charge is 0.493 e. The number of benzene rings is 1. The Hall–Kier alpha value is -1.28. The molecule has 5 rings (SSSR count). The second-order valence-corrected chi connectivity index (χ2v) is 8.36. The van der Waals surface area contributed by atoms with Gasteiger partial charge in [0.15, 0.2) is 0 Å². The van der Waals surface area contributed by atoms with Crippen LogP contribution in [0.3, 0.4) is 0 Å². The van der Waals surface area contributed by atoms with E-state index < -0.39 is 0 Å². The van der Waals surface area contributed by atoms with Crippen molar-refractivity contribution >= 4 is 5.57 Å². The lowest BCUT2D eigenvalue weighted by atomic mass is 9.53. The Morgan fingerprint density at radius 2 is 1.75 bits per heavy atom. The lowest BCUT2D eigenvalue weighted by molar-refractivity contribution is 0.0704. The highest BCUT2D eigenvalue weighted by molar-refractivity contribution is 5.69. The minimum atomic E-state index is 0.688. The quantitative estimate of drug-likeness (QED) is 0.777. The molecule has 2 N–H and O–H groups in total. The van der Waals surface area contributed by atoms with Crippen LogP contribution in [0.15, 0.2) is 23.8 Å². The van der Waals surface area contributed by atoms with Gasteiger partial charge in [-0.05, 0) is 111 Å². The van der Waals surface area contributed by atoms with Gasteiger partial charge in [0.05, 0.1) is 6.61 Å². The van der Waals surface area contributed by atoms with E-state index in [4.69, 9.17) is 10.5 Å². The molecule has 0 heterocycles. The van der Waals surface area contributed by atoms with Crippen LogP contribution in [0, 0.1) is 30.6 Å². The monoisotopic (exact) mass is 325 g/mol. The van der Waals surface area contributed by atoms with E-state index in [0.717, 1.165) is 35.8 Å². The van der Waals surface area contributed by atoms with Gasteiger partial charge in [-0.25, -0.2) is 0 Å². The minimum absolute atomic E-state index is 0.688. The highest BCUT2D eigenvalue weighted by Gasteiger charge is 2.45. The molecular formula is C22H31NO. The molecule has 0 aliphatic heterocycles. The summed E-state index contributed by atoms with van der Waals surface area (Å²) in [5.41, 5.74) is 11.6. The van der Waals surface area contributed by atoms with Gasteiger partial charge in [0.25, 0.3) is 0 Å². The van der Waals surface area contributed by atoms with Gasteiger partial charge in [0.1, 0.15) is 5.75 Å². The van der Waals surface area contributed by atoms with Crippen LogP contribution in [0.2, 0.25) is 0 Å². The number of allylic oxidation sites excluding steroid dienone is 2. The molecule has 130 valence electrons. The zero-order valence-electron chi connectivity index (χ0n) is 15.2. The molecule has 4 fully saturated rings. The third-order valence-corrected chi connectivity index (χ3v) is 6.66. The van der Waals surface area contributed by atoms with Crippen molar-refractivity contribution in [2.24, 2.45) is 29.4 Å². The third kappa shape index (κ3) is 2.90. The van der Waals surface area contributed by atoms with Crippen molar-refractivity contribution in [2.75, 3.05) is 13.2 Å². The van der Waals surface area contributed by atoms with E-state index in [9.17, 15) is 0 Å². The van der Waals surface area contributed by atoms with E-state index in [2.05, 4.69) is 32.0 Å². The summed E-state index contributed by atoms with van der Waals surface area (Å²) in [5, 5.41) is 0. The molecule has 4 bridgehead atoms. The number of nitrogens with two attached hydrogens (primary N) is 1. The fraction of sp³-hybridized carbons (Fsp3) is 0.636. The fourth-order valence-corrected chi connectivity index (χ4v) is 5.78. The van der Waals surface area contributed by atoms with Crippen LogP contribution < -0.4 is 10.5 Å². The van der Waals surface area contributed by atoms with Crippen LogP contribution in [0.5, 0.6) is 5.75 Å². The predicted octanol–water partition coefficient (Wildman–Crippen LogP) is 4.95. The number of aryl methyl sites for hydroxylation is 1.